The maximum absolute atomic E-state index is 13.5. The molecular formula is C15H18FNO4. The van der Waals surface area contributed by atoms with Crippen molar-refractivity contribution in [1.82, 2.24) is 0 Å². The van der Waals surface area contributed by atoms with Gasteiger partial charge in [0.05, 0.1) is 10.5 Å². The van der Waals surface area contributed by atoms with Gasteiger partial charge in [-0.3, -0.25) is 10.1 Å². The number of nitro groups is 1. The van der Waals surface area contributed by atoms with E-state index in [2.05, 4.69) is 13.8 Å². The summed E-state index contributed by atoms with van der Waals surface area (Å²) in [6.45, 7) is 4.30. The number of halogens is 1. The Labute approximate surface area is 122 Å². The summed E-state index contributed by atoms with van der Waals surface area (Å²) >= 11 is 0. The third-order valence-electron chi connectivity index (χ3n) is 4.20. The first-order chi connectivity index (χ1) is 9.88. The Morgan fingerprint density at radius 1 is 1.33 bits per heavy atom. The molecule has 1 aromatic carbocycles. The minimum absolute atomic E-state index is 0.00405. The molecule has 0 heterocycles. The second kappa shape index (κ2) is 6.20. The summed E-state index contributed by atoms with van der Waals surface area (Å²) in [5.41, 5.74) is -0.643. The van der Waals surface area contributed by atoms with E-state index in [9.17, 15) is 19.3 Å². The van der Waals surface area contributed by atoms with Crippen molar-refractivity contribution in [3.05, 3.63) is 39.7 Å². The summed E-state index contributed by atoms with van der Waals surface area (Å²) in [6.07, 6.45) is 2.42. The molecule has 0 radical (unpaired) electrons. The summed E-state index contributed by atoms with van der Waals surface area (Å²) < 4.78 is 18.9. The molecule has 3 atom stereocenters. The molecular weight excluding hydrogens is 277 g/mol. The normalized spacial score (nSPS) is 25.4. The average molecular weight is 295 g/mol. The number of nitro benzene ring substituents is 1. The van der Waals surface area contributed by atoms with Crippen LogP contribution in [0.5, 0.6) is 0 Å². The molecule has 0 bridgehead atoms. The average Bonchev–Trinajstić information content (AvgIpc) is 2.42. The summed E-state index contributed by atoms with van der Waals surface area (Å²) in [5, 5.41) is 10.5. The van der Waals surface area contributed by atoms with Gasteiger partial charge in [0.1, 0.15) is 6.10 Å². The minimum atomic E-state index is -1.03. The fourth-order valence-electron chi connectivity index (χ4n) is 2.61. The topological polar surface area (TPSA) is 69.4 Å². The molecule has 0 aromatic heterocycles. The molecule has 0 amide bonds. The number of nitrogens with zero attached hydrogens (tertiary/aromatic N) is 1. The van der Waals surface area contributed by atoms with Crippen molar-refractivity contribution in [1.29, 1.82) is 0 Å². The SMILES string of the molecule is CC1CCC(OC(=O)c2ccc([N+](=O)[O-])c(F)c2)CC1C. The van der Waals surface area contributed by atoms with Crippen molar-refractivity contribution in [3.63, 3.8) is 0 Å². The molecule has 1 aliphatic rings. The summed E-state index contributed by atoms with van der Waals surface area (Å²) in [6, 6.07) is 3.06. The van der Waals surface area contributed by atoms with Crippen LogP contribution in [0.2, 0.25) is 0 Å². The highest BCUT2D eigenvalue weighted by Gasteiger charge is 2.27. The lowest BCUT2D eigenvalue weighted by Crippen LogP contribution is -2.28. The van der Waals surface area contributed by atoms with E-state index in [0.717, 1.165) is 31.4 Å². The van der Waals surface area contributed by atoms with Gasteiger partial charge in [-0.25, -0.2) is 4.79 Å². The van der Waals surface area contributed by atoms with E-state index >= 15 is 0 Å². The van der Waals surface area contributed by atoms with Crippen molar-refractivity contribution >= 4 is 11.7 Å². The predicted octanol–water partition coefficient (Wildman–Crippen LogP) is 3.72. The molecule has 114 valence electrons. The second-order valence-corrected chi connectivity index (χ2v) is 5.72. The first-order valence-corrected chi connectivity index (χ1v) is 7.03. The van der Waals surface area contributed by atoms with E-state index in [1.165, 1.54) is 6.07 Å². The Balaban J connectivity index is 2.04. The summed E-state index contributed by atoms with van der Waals surface area (Å²) in [7, 11) is 0. The highest BCUT2D eigenvalue weighted by Crippen LogP contribution is 2.31. The van der Waals surface area contributed by atoms with Crippen LogP contribution in [0.25, 0.3) is 0 Å². The van der Waals surface area contributed by atoms with Crippen LogP contribution in [0.3, 0.4) is 0 Å². The first-order valence-electron chi connectivity index (χ1n) is 7.03. The molecule has 1 saturated carbocycles. The smallest absolute Gasteiger partial charge is 0.338 e. The Hall–Kier alpha value is -1.98. The molecule has 0 aliphatic heterocycles. The molecule has 6 heteroatoms. The Bertz CT molecular complexity index is 561. The number of hydrogen-bond donors (Lipinski definition) is 0. The zero-order chi connectivity index (χ0) is 15.6. The molecule has 1 aromatic rings. The standard InChI is InChI=1S/C15H18FNO4/c1-9-3-5-12(7-10(9)2)21-15(18)11-4-6-14(17(19)20)13(16)8-11/h4,6,8-10,12H,3,5,7H2,1-2H3. The van der Waals surface area contributed by atoms with Crippen molar-refractivity contribution in [2.45, 2.75) is 39.2 Å². The van der Waals surface area contributed by atoms with E-state index < -0.39 is 22.4 Å². The zero-order valence-corrected chi connectivity index (χ0v) is 12.0. The Morgan fingerprint density at radius 3 is 2.62 bits per heavy atom. The van der Waals surface area contributed by atoms with E-state index in [-0.39, 0.29) is 11.7 Å². The maximum atomic E-state index is 13.5. The third kappa shape index (κ3) is 3.56. The molecule has 2 rings (SSSR count). The monoisotopic (exact) mass is 295 g/mol. The number of benzene rings is 1. The number of rotatable bonds is 3. The first kappa shape index (κ1) is 15.4. The van der Waals surface area contributed by atoms with Gasteiger partial charge in [-0.15, -0.1) is 0 Å². The van der Waals surface area contributed by atoms with Crippen molar-refractivity contribution in [2.75, 3.05) is 0 Å². The Kier molecular flexibility index (Phi) is 4.55. The van der Waals surface area contributed by atoms with Crippen molar-refractivity contribution in [2.24, 2.45) is 11.8 Å². The van der Waals surface area contributed by atoms with Gasteiger partial charge in [-0.1, -0.05) is 13.8 Å². The fraction of sp³-hybridized carbons (Fsp3) is 0.533. The Morgan fingerprint density at radius 2 is 2.05 bits per heavy atom. The van der Waals surface area contributed by atoms with Crippen LogP contribution in [-0.4, -0.2) is 17.0 Å². The number of ether oxygens (including phenoxy) is 1. The van der Waals surface area contributed by atoms with Crippen LogP contribution < -0.4 is 0 Å². The number of carbonyl (C=O) groups excluding carboxylic acids is 1. The van der Waals surface area contributed by atoms with Crippen LogP contribution >= 0.6 is 0 Å². The largest absolute Gasteiger partial charge is 0.459 e. The van der Waals surface area contributed by atoms with Crippen LogP contribution in [0.15, 0.2) is 18.2 Å². The van der Waals surface area contributed by atoms with Gasteiger partial charge in [0.15, 0.2) is 0 Å². The molecule has 5 nitrogen and oxygen atoms in total. The molecule has 0 spiro atoms. The maximum Gasteiger partial charge on any atom is 0.338 e. The van der Waals surface area contributed by atoms with E-state index in [4.69, 9.17) is 4.74 Å². The van der Waals surface area contributed by atoms with Crippen molar-refractivity contribution in [3.8, 4) is 0 Å². The fourth-order valence-corrected chi connectivity index (χ4v) is 2.61. The molecule has 0 N–H and O–H groups in total. The molecule has 1 fully saturated rings. The van der Waals surface area contributed by atoms with Gasteiger partial charge in [-0.2, -0.15) is 4.39 Å². The lowest BCUT2D eigenvalue weighted by molar-refractivity contribution is -0.387. The van der Waals surface area contributed by atoms with E-state index in [0.29, 0.717) is 11.8 Å². The lowest BCUT2D eigenvalue weighted by atomic mass is 9.80. The van der Waals surface area contributed by atoms with Crippen LogP contribution in [0, 0.1) is 27.8 Å². The third-order valence-corrected chi connectivity index (χ3v) is 4.20. The number of hydrogen-bond acceptors (Lipinski definition) is 4. The zero-order valence-electron chi connectivity index (χ0n) is 12.0. The van der Waals surface area contributed by atoms with Gasteiger partial charge in [0.2, 0.25) is 5.82 Å². The van der Waals surface area contributed by atoms with E-state index in [1.54, 1.807) is 0 Å². The highest BCUT2D eigenvalue weighted by molar-refractivity contribution is 5.89. The highest BCUT2D eigenvalue weighted by atomic mass is 19.1. The lowest BCUT2D eigenvalue weighted by Gasteiger charge is -2.31. The van der Waals surface area contributed by atoms with Gasteiger partial charge >= 0.3 is 11.7 Å². The predicted molar refractivity (Wildman–Crippen MR) is 74.4 cm³/mol. The summed E-state index contributed by atoms with van der Waals surface area (Å²) in [5.74, 6) is -0.572. The molecule has 3 unspecified atom stereocenters. The van der Waals surface area contributed by atoms with Crippen LogP contribution in [0.1, 0.15) is 43.5 Å². The van der Waals surface area contributed by atoms with Crippen molar-refractivity contribution < 1.29 is 18.8 Å². The van der Waals surface area contributed by atoms with Crippen LogP contribution in [-0.2, 0) is 4.74 Å². The van der Waals surface area contributed by atoms with Gasteiger partial charge in [0, 0.05) is 6.07 Å². The van der Waals surface area contributed by atoms with Crippen LogP contribution in [0.4, 0.5) is 10.1 Å². The number of carbonyl (C=O) groups is 1. The van der Waals surface area contributed by atoms with E-state index in [1.807, 2.05) is 0 Å². The van der Waals surface area contributed by atoms with Gasteiger partial charge in [-0.05, 0) is 43.2 Å². The molecule has 0 saturated heterocycles. The molecule has 1 aliphatic carbocycles. The van der Waals surface area contributed by atoms with Gasteiger partial charge in [0.25, 0.3) is 0 Å². The summed E-state index contributed by atoms with van der Waals surface area (Å²) in [4.78, 5) is 21.7. The second-order valence-electron chi connectivity index (χ2n) is 5.72. The number of esters is 1. The minimum Gasteiger partial charge on any atom is -0.459 e. The van der Waals surface area contributed by atoms with Gasteiger partial charge < -0.3 is 4.74 Å². The quantitative estimate of drug-likeness (QED) is 0.484. The molecule has 21 heavy (non-hydrogen) atoms.